The molecule has 1 aliphatic rings. The maximum Gasteiger partial charge on any atom is 0.408 e. The molecule has 0 fully saturated rings. The highest BCUT2D eigenvalue weighted by Gasteiger charge is 2.38. The largest absolute Gasteiger partial charge is 0.465 e. The molecule has 1 aliphatic heterocycles. The number of hydrogen-bond donors (Lipinski definition) is 3. The summed E-state index contributed by atoms with van der Waals surface area (Å²) >= 11 is 0. The topological polar surface area (TPSA) is 93.1 Å². The van der Waals surface area contributed by atoms with Crippen molar-refractivity contribution in [1.29, 1.82) is 0 Å². The molecule has 0 saturated heterocycles. The van der Waals surface area contributed by atoms with Gasteiger partial charge < -0.3 is 20.4 Å². The van der Waals surface area contributed by atoms with Gasteiger partial charge in [-0.15, -0.1) is 12.4 Å². The Balaban J connectivity index is 0.00000432. The summed E-state index contributed by atoms with van der Waals surface area (Å²) in [6.07, 6.45) is -0.408. The molecule has 2 aromatic rings. The summed E-state index contributed by atoms with van der Waals surface area (Å²) < 4.78 is 0. The van der Waals surface area contributed by atoms with Crippen LogP contribution in [0.5, 0.6) is 0 Å². The number of carboxylic acid groups (broad SMARTS) is 1. The normalized spacial score (nSPS) is 17.5. The smallest absolute Gasteiger partial charge is 0.408 e. The van der Waals surface area contributed by atoms with Gasteiger partial charge in [0.25, 0.3) is 0 Å². The fourth-order valence-corrected chi connectivity index (χ4v) is 4.80. The zero-order chi connectivity index (χ0) is 25.2. The average Bonchev–Trinajstić information content (AvgIpc) is 2.72. The number of nitrogens with one attached hydrogen (secondary N) is 1. The number of benzene rings is 2. The van der Waals surface area contributed by atoms with E-state index >= 15 is 0 Å². The first kappa shape index (κ1) is 28.6. The summed E-state index contributed by atoms with van der Waals surface area (Å²) in [5.41, 5.74) is 3.98. The molecule has 192 valence electrons. The first-order valence-electron chi connectivity index (χ1n) is 11.9. The van der Waals surface area contributed by atoms with Crippen molar-refractivity contribution in [3.63, 3.8) is 0 Å². The first-order valence-corrected chi connectivity index (χ1v) is 11.9. The molecule has 0 aliphatic carbocycles. The quantitative estimate of drug-likeness (QED) is 0.482. The van der Waals surface area contributed by atoms with Gasteiger partial charge in [-0.05, 0) is 75.4 Å². The van der Waals surface area contributed by atoms with E-state index in [0.717, 1.165) is 27.9 Å². The van der Waals surface area contributed by atoms with Crippen LogP contribution in [0.2, 0.25) is 0 Å². The molecule has 1 heterocycles. The number of rotatable bonds is 7. The Labute approximate surface area is 214 Å². The average molecular weight is 504 g/mol. The number of anilines is 1. The fraction of sp³-hybridized carbons (Fsp3) is 0.481. The van der Waals surface area contributed by atoms with Gasteiger partial charge in [-0.3, -0.25) is 9.69 Å². The Hall–Kier alpha value is -2.61. The summed E-state index contributed by atoms with van der Waals surface area (Å²) in [5.74, 6) is -0.0470. The van der Waals surface area contributed by atoms with Crippen LogP contribution < -0.4 is 10.2 Å². The van der Waals surface area contributed by atoms with E-state index in [2.05, 4.69) is 5.32 Å². The Bertz CT molecular complexity index is 1030. The van der Waals surface area contributed by atoms with Gasteiger partial charge in [0.15, 0.2) is 0 Å². The predicted molar refractivity (Wildman–Crippen MR) is 142 cm³/mol. The van der Waals surface area contributed by atoms with E-state index in [4.69, 9.17) is 0 Å². The number of amides is 2. The Morgan fingerprint density at radius 2 is 1.74 bits per heavy atom. The minimum atomic E-state index is -0.956. The molecule has 3 rings (SSSR count). The molecule has 35 heavy (non-hydrogen) atoms. The molecule has 2 amide bonds. The molecule has 0 aromatic heterocycles. The second-order valence-corrected chi connectivity index (χ2v) is 10.2. The molecule has 0 radical (unpaired) electrons. The molecule has 0 spiro atoms. The summed E-state index contributed by atoms with van der Waals surface area (Å²) in [6, 6.07) is 13.5. The maximum absolute atomic E-state index is 12.4. The van der Waals surface area contributed by atoms with Crippen molar-refractivity contribution in [2.45, 2.75) is 78.2 Å². The van der Waals surface area contributed by atoms with Crippen molar-refractivity contribution in [2.75, 3.05) is 11.4 Å². The van der Waals surface area contributed by atoms with Crippen LogP contribution in [0.3, 0.4) is 0 Å². The molecule has 0 saturated carbocycles. The van der Waals surface area contributed by atoms with E-state index < -0.39 is 11.7 Å². The van der Waals surface area contributed by atoms with E-state index in [1.807, 2.05) is 63.2 Å². The highest BCUT2D eigenvalue weighted by Crippen LogP contribution is 2.43. The lowest BCUT2D eigenvalue weighted by molar-refractivity contribution is -0.117. The summed E-state index contributed by atoms with van der Waals surface area (Å²) in [7, 11) is 0. The molecule has 8 heteroatoms. The van der Waals surface area contributed by atoms with Crippen molar-refractivity contribution < 1.29 is 19.8 Å². The van der Waals surface area contributed by atoms with Gasteiger partial charge in [-0.1, -0.05) is 30.3 Å². The van der Waals surface area contributed by atoms with Crippen LogP contribution in [0.4, 0.5) is 10.5 Å². The van der Waals surface area contributed by atoms with Crippen molar-refractivity contribution in [2.24, 2.45) is 0 Å². The minimum Gasteiger partial charge on any atom is -0.465 e. The number of hydrogen-bond acceptors (Lipinski definition) is 4. The highest BCUT2D eigenvalue weighted by molar-refractivity contribution is 5.94. The third-order valence-electron chi connectivity index (χ3n) is 6.28. The van der Waals surface area contributed by atoms with Gasteiger partial charge in [0.1, 0.15) is 0 Å². The van der Waals surface area contributed by atoms with Crippen LogP contribution in [-0.2, 0) is 11.3 Å². The SMILES string of the molecule is CC(=O)N1c2ccc(-c3ccc(CNCC(C)(C)O)cc3)cc2C(N(C(=O)O)C(C)C)CC1C.Cl. The molecular formula is C27H38ClN3O4. The van der Waals surface area contributed by atoms with Gasteiger partial charge in [-0.2, -0.15) is 0 Å². The minimum absolute atomic E-state index is 0. The monoisotopic (exact) mass is 503 g/mol. The third-order valence-corrected chi connectivity index (χ3v) is 6.28. The second-order valence-electron chi connectivity index (χ2n) is 10.2. The van der Waals surface area contributed by atoms with Gasteiger partial charge >= 0.3 is 6.09 Å². The van der Waals surface area contributed by atoms with Crippen molar-refractivity contribution >= 4 is 30.1 Å². The summed E-state index contributed by atoms with van der Waals surface area (Å²) in [5, 5.41) is 23.1. The lowest BCUT2D eigenvalue weighted by Crippen LogP contribution is -2.48. The van der Waals surface area contributed by atoms with E-state index in [9.17, 15) is 19.8 Å². The molecule has 0 bridgehead atoms. The Kier molecular flexibility index (Phi) is 9.34. The number of carbonyl (C=O) groups is 2. The maximum atomic E-state index is 12.4. The van der Waals surface area contributed by atoms with E-state index in [0.29, 0.717) is 19.5 Å². The van der Waals surface area contributed by atoms with Crippen LogP contribution in [0.15, 0.2) is 42.5 Å². The van der Waals surface area contributed by atoms with Crippen molar-refractivity contribution in [3.05, 3.63) is 53.6 Å². The molecule has 2 unspecified atom stereocenters. The van der Waals surface area contributed by atoms with Crippen LogP contribution in [-0.4, -0.2) is 51.3 Å². The highest BCUT2D eigenvalue weighted by atomic mass is 35.5. The lowest BCUT2D eigenvalue weighted by Gasteiger charge is -2.43. The van der Waals surface area contributed by atoms with Gasteiger partial charge in [0.05, 0.1) is 11.6 Å². The number of fused-ring (bicyclic) bond motifs is 1. The van der Waals surface area contributed by atoms with Crippen LogP contribution in [0.25, 0.3) is 11.1 Å². The van der Waals surface area contributed by atoms with Crippen LogP contribution >= 0.6 is 12.4 Å². The molecule has 7 nitrogen and oxygen atoms in total. The summed E-state index contributed by atoms with van der Waals surface area (Å²) in [4.78, 5) is 27.8. The Morgan fingerprint density at radius 3 is 2.26 bits per heavy atom. The summed E-state index contributed by atoms with van der Waals surface area (Å²) in [6.45, 7) is 12.0. The van der Waals surface area contributed by atoms with E-state index in [1.165, 1.54) is 4.90 Å². The number of halogens is 1. The lowest BCUT2D eigenvalue weighted by atomic mass is 9.87. The Morgan fingerprint density at radius 1 is 1.14 bits per heavy atom. The molecular weight excluding hydrogens is 466 g/mol. The molecule has 2 aromatic carbocycles. The molecule has 2 atom stereocenters. The van der Waals surface area contributed by atoms with Crippen LogP contribution in [0, 0.1) is 0 Å². The zero-order valence-electron chi connectivity index (χ0n) is 21.4. The van der Waals surface area contributed by atoms with Gasteiger partial charge in [0.2, 0.25) is 5.91 Å². The zero-order valence-corrected chi connectivity index (χ0v) is 22.2. The molecule has 3 N–H and O–H groups in total. The second kappa shape index (κ2) is 11.4. The van der Waals surface area contributed by atoms with Gasteiger partial charge in [-0.25, -0.2) is 4.79 Å². The first-order chi connectivity index (χ1) is 15.9. The van der Waals surface area contributed by atoms with Gasteiger partial charge in [0, 0.05) is 37.8 Å². The predicted octanol–water partition coefficient (Wildman–Crippen LogP) is 5.21. The van der Waals surface area contributed by atoms with E-state index in [1.54, 1.807) is 25.7 Å². The van der Waals surface area contributed by atoms with Crippen molar-refractivity contribution in [3.8, 4) is 11.1 Å². The third kappa shape index (κ3) is 6.75. The number of nitrogens with zero attached hydrogens (tertiary/aromatic N) is 2. The fourth-order valence-electron chi connectivity index (χ4n) is 4.80. The van der Waals surface area contributed by atoms with E-state index in [-0.39, 0.29) is 36.4 Å². The number of carbonyl (C=O) groups excluding carboxylic acids is 1. The van der Waals surface area contributed by atoms with Crippen molar-refractivity contribution in [1.82, 2.24) is 10.2 Å². The number of aliphatic hydroxyl groups is 1. The standard InChI is InChI=1S/C27H37N3O4.ClH/c1-17(2)29(26(32)33)25-13-18(3)30(19(4)31)24-12-11-22(14-23(24)25)21-9-7-20(8-10-21)15-28-16-27(5,6)34;/h7-12,14,17-18,25,28,34H,13,15-16H2,1-6H3,(H,32,33);1H. The van der Waals surface area contributed by atoms with Crippen LogP contribution in [0.1, 0.15) is 65.1 Å².